The van der Waals surface area contributed by atoms with Crippen LogP contribution in [0.2, 0.25) is 5.02 Å². The van der Waals surface area contributed by atoms with E-state index in [1.807, 2.05) is 32.0 Å². The van der Waals surface area contributed by atoms with Crippen LogP contribution in [0.3, 0.4) is 0 Å². The lowest BCUT2D eigenvalue weighted by Crippen LogP contribution is -2.25. The highest BCUT2D eigenvalue weighted by Gasteiger charge is 2.16. The molecule has 2 aromatic rings. The Bertz CT molecular complexity index is 988. The second-order valence-electron chi connectivity index (χ2n) is 6.32. The molecule has 0 aromatic heterocycles. The van der Waals surface area contributed by atoms with E-state index in [-0.39, 0.29) is 11.4 Å². The Labute approximate surface area is 159 Å². The van der Waals surface area contributed by atoms with Crippen molar-refractivity contribution in [1.29, 1.82) is 0 Å². The highest BCUT2D eigenvalue weighted by Crippen LogP contribution is 2.27. The van der Waals surface area contributed by atoms with Gasteiger partial charge in [-0.25, -0.2) is 13.1 Å². The SMILES string of the molecule is CC(=C=C1COCc2cc(Cl)ccc21)CNS(=O)(=O)c1ccc(C)cc1. The van der Waals surface area contributed by atoms with Crippen LogP contribution in [-0.2, 0) is 21.4 Å². The van der Waals surface area contributed by atoms with Gasteiger partial charge in [0.1, 0.15) is 0 Å². The van der Waals surface area contributed by atoms with Gasteiger partial charge in [-0.2, -0.15) is 0 Å². The largest absolute Gasteiger partial charge is 0.371 e. The molecule has 0 spiro atoms. The molecule has 1 aliphatic heterocycles. The molecule has 2 aromatic carbocycles. The lowest BCUT2D eigenvalue weighted by molar-refractivity contribution is 0.146. The highest BCUT2D eigenvalue weighted by atomic mass is 35.5. The van der Waals surface area contributed by atoms with E-state index in [0.717, 1.165) is 27.8 Å². The molecule has 0 amide bonds. The Morgan fingerprint density at radius 2 is 1.92 bits per heavy atom. The summed E-state index contributed by atoms with van der Waals surface area (Å²) in [6.45, 7) is 4.90. The van der Waals surface area contributed by atoms with Gasteiger partial charge in [0, 0.05) is 17.1 Å². The molecule has 1 heterocycles. The second-order valence-corrected chi connectivity index (χ2v) is 8.52. The van der Waals surface area contributed by atoms with Gasteiger partial charge in [0.15, 0.2) is 0 Å². The molecule has 3 rings (SSSR count). The smallest absolute Gasteiger partial charge is 0.240 e. The molecule has 0 radical (unpaired) electrons. The van der Waals surface area contributed by atoms with Crippen molar-refractivity contribution in [3.63, 3.8) is 0 Å². The summed E-state index contributed by atoms with van der Waals surface area (Å²) in [5.41, 5.74) is 8.01. The zero-order valence-electron chi connectivity index (χ0n) is 14.7. The van der Waals surface area contributed by atoms with Crippen molar-refractivity contribution >= 4 is 27.2 Å². The summed E-state index contributed by atoms with van der Waals surface area (Å²) in [5.74, 6) is 0. The number of hydrogen-bond acceptors (Lipinski definition) is 3. The average molecular weight is 390 g/mol. The number of sulfonamides is 1. The minimum atomic E-state index is -3.55. The van der Waals surface area contributed by atoms with Crippen LogP contribution in [-0.4, -0.2) is 21.6 Å². The van der Waals surface area contributed by atoms with E-state index in [1.165, 1.54) is 0 Å². The number of ether oxygens (including phenoxy) is 1. The van der Waals surface area contributed by atoms with Crippen molar-refractivity contribution in [2.75, 3.05) is 13.2 Å². The molecule has 0 unspecified atom stereocenters. The van der Waals surface area contributed by atoms with Crippen LogP contribution in [0.5, 0.6) is 0 Å². The normalized spacial score (nSPS) is 13.9. The van der Waals surface area contributed by atoms with Gasteiger partial charge in [-0.15, -0.1) is 5.73 Å². The molecule has 136 valence electrons. The molecule has 26 heavy (non-hydrogen) atoms. The molecule has 1 N–H and O–H groups in total. The summed E-state index contributed by atoms with van der Waals surface area (Å²) in [6, 6.07) is 12.4. The van der Waals surface area contributed by atoms with Crippen molar-refractivity contribution < 1.29 is 13.2 Å². The van der Waals surface area contributed by atoms with Crippen LogP contribution in [0.15, 0.2) is 58.7 Å². The van der Waals surface area contributed by atoms with E-state index < -0.39 is 10.0 Å². The Hall–Kier alpha value is -1.88. The van der Waals surface area contributed by atoms with Crippen molar-refractivity contribution in [2.24, 2.45) is 0 Å². The molecule has 0 aliphatic carbocycles. The molecular formula is C20H20ClNO3S. The quantitative estimate of drug-likeness (QED) is 0.801. The minimum absolute atomic E-state index is 0.183. The highest BCUT2D eigenvalue weighted by molar-refractivity contribution is 7.89. The first kappa shape index (κ1) is 18.9. The predicted octanol–water partition coefficient (Wildman–Crippen LogP) is 4.09. The number of aryl methyl sites for hydroxylation is 1. The van der Waals surface area contributed by atoms with E-state index >= 15 is 0 Å². The number of hydrogen-bond donors (Lipinski definition) is 1. The summed E-state index contributed by atoms with van der Waals surface area (Å²) in [5, 5.41) is 0.667. The third-order valence-corrected chi connectivity index (χ3v) is 5.77. The van der Waals surface area contributed by atoms with Crippen LogP contribution in [0.4, 0.5) is 0 Å². The van der Waals surface area contributed by atoms with Gasteiger partial charge in [-0.1, -0.05) is 35.4 Å². The van der Waals surface area contributed by atoms with Crippen molar-refractivity contribution in [3.8, 4) is 0 Å². The third kappa shape index (κ3) is 4.44. The summed E-state index contributed by atoms with van der Waals surface area (Å²) >= 11 is 6.03. The lowest BCUT2D eigenvalue weighted by atomic mass is 9.98. The molecule has 1 aliphatic rings. The molecular weight excluding hydrogens is 370 g/mol. The number of halogens is 1. The van der Waals surface area contributed by atoms with Crippen molar-refractivity contribution in [3.05, 3.63) is 75.5 Å². The van der Waals surface area contributed by atoms with Gasteiger partial charge in [0.2, 0.25) is 10.0 Å². The Kier molecular flexibility index (Phi) is 5.66. The van der Waals surface area contributed by atoms with Gasteiger partial charge in [-0.3, -0.25) is 0 Å². The second kappa shape index (κ2) is 7.78. The van der Waals surface area contributed by atoms with Crippen LogP contribution in [0.25, 0.3) is 5.57 Å². The molecule has 0 saturated heterocycles. The molecule has 0 fully saturated rings. The zero-order valence-corrected chi connectivity index (χ0v) is 16.2. The first-order chi connectivity index (χ1) is 12.3. The van der Waals surface area contributed by atoms with Gasteiger partial charge < -0.3 is 4.74 Å². The average Bonchev–Trinajstić information content (AvgIpc) is 2.60. The van der Waals surface area contributed by atoms with E-state index in [2.05, 4.69) is 10.5 Å². The van der Waals surface area contributed by atoms with Gasteiger partial charge in [0.25, 0.3) is 0 Å². The van der Waals surface area contributed by atoms with E-state index in [9.17, 15) is 8.42 Å². The van der Waals surface area contributed by atoms with Crippen LogP contribution in [0.1, 0.15) is 23.6 Å². The Morgan fingerprint density at radius 1 is 1.19 bits per heavy atom. The topological polar surface area (TPSA) is 55.4 Å². The van der Waals surface area contributed by atoms with E-state index in [0.29, 0.717) is 18.2 Å². The maximum atomic E-state index is 12.4. The standard InChI is InChI=1S/C20H20ClNO3S/c1-14-3-6-19(7-4-14)26(23,24)22-11-15(2)9-16-12-25-13-17-10-18(21)5-8-20(16)17/h3-8,10,22H,11-13H2,1-2H3. The lowest BCUT2D eigenvalue weighted by Gasteiger charge is -2.18. The fourth-order valence-electron chi connectivity index (χ4n) is 2.73. The summed E-state index contributed by atoms with van der Waals surface area (Å²) in [7, 11) is -3.55. The number of fused-ring (bicyclic) bond motifs is 1. The third-order valence-electron chi connectivity index (χ3n) is 4.12. The minimum Gasteiger partial charge on any atom is -0.371 e. The number of benzene rings is 2. The summed E-state index contributed by atoms with van der Waals surface area (Å²) in [6.07, 6.45) is 0. The van der Waals surface area contributed by atoms with Crippen LogP contribution in [0, 0.1) is 6.92 Å². The number of nitrogens with one attached hydrogen (secondary N) is 1. The number of rotatable bonds is 4. The van der Waals surface area contributed by atoms with Crippen molar-refractivity contribution in [2.45, 2.75) is 25.3 Å². The molecule has 0 bridgehead atoms. The monoisotopic (exact) mass is 389 g/mol. The molecule has 0 atom stereocenters. The zero-order chi connectivity index (χ0) is 18.7. The molecule has 4 nitrogen and oxygen atoms in total. The maximum Gasteiger partial charge on any atom is 0.240 e. The summed E-state index contributed by atoms with van der Waals surface area (Å²) < 4.78 is 33.0. The fourth-order valence-corrected chi connectivity index (χ4v) is 3.99. The fraction of sp³-hybridized carbons (Fsp3) is 0.250. The Balaban J connectivity index is 1.81. The first-order valence-electron chi connectivity index (χ1n) is 8.23. The van der Waals surface area contributed by atoms with Crippen LogP contribution < -0.4 is 4.72 Å². The molecule has 6 heteroatoms. The van der Waals surface area contributed by atoms with Gasteiger partial charge in [0.05, 0.1) is 18.1 Å². The molecule has 0 saturated carbocycles. The van der Waals surface area contributed by atoms with Gasteiger partial charge in [-0.05, 0) is 54.8 Å². The maximum absolute atomic E-state index is 12.4. The Morgan fingerprint density at radius 3 is 2.65 bits per heavy atom. The van der Waals surface area contributed by atoms with Gasteiger partial charge >= 0.3 is 0 Å². The van der Waals surface area contributed by atoms with E-state index in [4.69, 9.17) is 16.3 Å². The van der Waals surface area contributed by atoms with E-state index in [1.54, 1.807) is 24.3 Å². The van der Waals surface area contributed by atoms with Crippen molar-refractivity contribution in [1.82, 2.24) is 4.72 Å². The van der Waals surface area contributed by atoms with Crippen LogP contribution >= 0.6 is 11.6 Å². The predicted molar refractivity (Wildman–Crippen MR) is 104 cm³/mol. The summed E-state index contributed by atoms with van der Waals surface area (Å²) in [4.78, 5) is 0.254. The first-order valence-corrected chi connectivity index (χ1v) is 10.1.